The number of amides is 1. The lowest BCUT2D eigenvalue weighted by Crippen LogP contribution is -2.23. The molecule has 0 bridgehead atoms. The fourth-order valence-corrected chi connectivity index (χ4v) is 1.83. The first-order chi connectivity index (χ1) is 8.65. The summed E-state index contributed by atoms with van der Waals surface area (Å²) in [4.78, 5) is 15.8. The Morgan fingerprint density at radius 2 is 2.00 bits per heavy atom. The van der Waals surface area contributed by atoms with Gasteiger partial charge in [0, 0.05) is 22.2 Å². The van der Waals surface area contributed by atoms with E-state index in [1.807, 2.05) is 24.3 Å². The summed E-state index contributed by atoms with van der Waals surface area (Å²) < 4.78 is 1.01. The average Bonchev–Trinajstić information content (AvgIpc) is 2.38. The number of carbonyl (C=O) groups excluding carboxylic acids is 1. The summed E-state index contributed by atoms with van der Waals surface area (Å²) >= 11 is 9.16. The molecule has 2 rings (SSSR count). The van der Waals surface area contributed by atoms with Crippen LogP contribution in [0.25, 0.3) is 0 Å². The van der Waals surface area contributed by atoms with Crippen molar-refractivity contribution in [1.82, 2.24) is 10.3 Å². The van der Waals surface area contributed by atoms with Crippen molar-refractivity contribution < 1.29 is 4.79 Å². The van der Waals surface area contributed by atoms with Gasteiger partial charge in [0.05, 0.1) is 0 Å². The van der Waals surface area contributed by atoms with Crippen molar-refractivity contribution in [3.63, 3.8) is 0 Å². The van der Waals surface area contributed by atoms with Gasteiger partial charge in [0.1, 0.15) is 5.69 Å². The van der Waals surface area contributed by atoms with Crippen molar-refractivity contribution in [2.75, 3.05) is 0 Å². The quantitative estimate of drug-likeness (QED) is 0.939. The topological polar surface area (TPSA) is 42.0 Å². The van der Waals surface area contributed by atoms with Gasteiger partial charge >= 0.3 is 0 Å². The number of aromatic nitrogens is 1. The van der Waals surface area contributed by atoms with E-state index in [0.29, 0.717) is 17.3 Å². The maximum atomic E-state index is 11.8. The fraction of sp³-hybridized carbons (Fsp3) is 0.0769. The highest BCUT2D eigenvalue weighted by Gasteiger charge is 2.06. The molecule has 1 aromatic heterocycles. The van der Waals surface area contributed by atoms with Crippen molar-refractivity contribution in [3.8, 4) is 0 Å². The average molecular weight is 326 g/mol. The zero-order valence-electron chi connectivity index (χ0n) is 9.36. The number of benzene rings is 1. The molecule has 0 aliphatic rings. The Hall–Kier alpha value is -1.39. The molecule has 2 aromatic rings. The van der Waals surface area contributed by atoms with Gasteiger partial charge in [-0.15, -0.1) is 0 Å². The monoisotopic (exact) mass is 324 g/mol. The van der Waals surface area contributed by atoms with Gasteiger partial charge in [-0.2, -0.15) is 0 Å². The molecule has 3 nitrogen and oxygen atoms in total. The van der Waals surface area contributed by atoms with Crippen molar-refractivity contribution in [3.05, 3.63) is 63.3 Å². The van der Waals surface area contributed by atoms with Gasteiger partial charge in [-0.25, -0.2) is 0 Å². The van der Waals surface area contributed by atoms with Gasteiger partial charge < -0.3 is 5.32 Å². The number of hydrogen-bond donors (Lipinski definition) is 1. The summed E-state index contributed by atoms with van der Waals surface area (Å²) in [5, 5.41) is 3.29. The molecule has 1 amide bonds. The zero-order valence-corrected chi connectivity index (χ0v) is 11.7. The molecule has 1 aromatic carbocycles. The number of carbonyl (C=O) groups is 1. The molecular formula is C13H10BrClN2O. The first-order valence-corrected chi connectivity index (χ1v) is 6.46. The van der Waals surface area contributed by atoms with Gasteiger partial charge in [0.2, 0.25) is 0 Å². The Morgan fingerprint density at radius 1 is 1.28 bits per heavy atom. The number of hydrogen-bond acceptors (Lipinski definition) is 2. The highest BCUT2D eigenvalue weighted by molar-refractivity contribution is 9.10. The number of pyridine rings is 1. The minimum Gasteiger partial charge on any atom is -0.347 e. The zero-order chi connectivity index (χ0) is 13.0. The minimum atomic E-state index is -0.236. The van der Waals surface area contributed by atoms with E-state index < -0.39 is 0 Å². The molecule has 0 radical (unpaired) electrons. The Labute approximate surface area is 118 Å². The van der Waals surface area contributed by atoms with Crippen molar-refractivity contribution >= 4 is 33.4 Å². The van der Waals surface area contributed by atoms with Crippen LogP contribution in [-0.4, -0.2) is 10.9 Å². The molecule has 0 saturated carbocycles. The van der Waals surface area contributed by atoms with E-state index in [-0.39, 0.29) is 5.91 Å². The maximum Gasteiger partial charge on any atom is 0.270 e. The van der Waals surface area contributed by atoms with Gasteiger partial charge in [0.15, 0.2) is 0 Å². The second kappa shape index (κ2) is 5.98. The normalized spacial score (nSPS) is 10.1. The summed E-state index contributed by atoms with van der Waals surface area (Å²) in [6.45, 7) is 0.459. The van der Waals surface area contributed by atoms with E-state index in [4.69, 9.17) is 11.6 Å². The Kier molecular flexibility index (Phi) is 4.33. The van der Waals surface area contributed by atoms with Crippen LogP contribution in [0.4, 0.5) is 0 Å². The van der Waals surface area contributed by atoms with Crippen LogP contribution in [0, 0.1) is 0 Å². The lowest BCUT2D eigenvalue weighted by molar-refractivity contribution is 0.0946. The molecule has 0 unspecified atom stereocenters. The maximum absolute atomic E-state index is 11.8. The van der Waals surface area contributed by atoms with Crippen molar-refractivity contribution in [2.45, 2.75) is 6.54 Å². The first-order valence-electron chi connectivity index (χ1n) is 5.29. The molecule has 0 fully saturated rings. The molecule has 5 heteroatoms. The van der Waals surface area contributed by atoms with Crippen molar-refractivity contribution in [1.29, 1.82) is 0 Å². The molecule has 0 spiro atoms. The number of rotatable bonds is 3. The van der Waals surface area contributed by atoms with Gasteiger partial charge in [-0.3, -0.25) is 9.78 Å². The van der Waals surface area contributed by atoms with Crippen LogP contribution in [0.2, 0.25) is 5.02 Å². The third-order valence-corrected chi connectivity index (χ3v) is 3.08. The molecule has 1 heterocycles. The summed E-state index contributed by atoms with van der Waals surface area (Å²) in [6.07, 6.45) is 1.51. The minimum absolute atomic E-state index is 0.236. The van der Waals surface area contributed by atoms with Crippen LogP contribution in [-0.2, 0) is 6.54 Å². The Morgan fingerprint density at radius 3 is 2.67 bits per heavy atom. The third-order valence-electron chi connectivity index (χ3n) is 2.32. The number of nitrogens with one attached hydrogen (secondary N) is 1. The Bertz CT molecular complexity index is 557. The van der Waals surface area contributed by atoms with E-state index in [1.54, 1.807) is 12.1 Å². The largest absolute Gasteiger partial charge is 0.347 e. The van der Waals surface area contributed by atoms with Gasteiger partial charge in [-0.1, -0.05) is 39.7 Å². The standard InChI is InChI=1S/C13H10BrClN2O/c14-10-3-1-9(2-4-10)8-17-13(18)12-7-11(15)5-6-16-12/h1-7H,8H2,(H,17,18). The predicted molar refractivity (Wildman–Crippen MR) is 74.6 cm³/mol. The van der Waals surface area contributed by atoms with E-state index in [0.717, 1.165) is 10.0 Å². The second-order valence-corrected chi connectivity index (χ2v) is 5.02. The van der Waals surface area contributed by atoms with E-state index in [9.17, 15) is 4.79 Å². The van der Waals surface area contributed by atoms with Crippen molar-refractivity contribution in [2.24, 2.45) is 0 Å². The highest BCUT2D eigenvalue weighted by Crippen LogP contribution is 2.11. The number of halogens is 2. The van der Waals surface area contributed by atoms with E-state index in [1.165, 1.54) is 6.20 Å². The fourth-order valence-electron chi connectivity index (χ4n) is 1.40. The molecule has 0 saturated heterocycles. The van der Waals surface area contributed by atoms with Crippen LogP contribution in [0.1, 0.15) is 16.1 Å². The lowest BCUT2D eigenvalue weighted by Gasteiger charge is -2.05. The first kappa shape index (κ1) is 13.1. The molecule has 0 aliphatic heterocycles. The molecule has 0 aliphatic carbocycles. The Balaban J connectivity index is 1.98. The van der Waals surface area contributed by atoms with Crippen LogP contribution in [0.3, 0.4) is 0 Å². The second-order valence-electron chi connectivity index (χ2n) is 3.67. The molecule has 0 atom stereocenters. The van der Waals surface area contributed by atoms with Crippen LogP contribution in [0.15, 0.2) is 47.1 Å². The molecular weight excluding hydrogens is 316 g/mol. The van der Waals surface area contributed by atoms with Crippen LogP contribution in [0.5, 0.6) is 0 Å². The van der Waals surface area contributed by atoms with E-state index >= 15 is 0 Å². The summed E-state index contributed by atoms with van der Waals surface area (Å²) in [5.41, 5.74) is 1.34. The summed E-state index contributed by atoms with van der Waals surface area (Å²) in [5.74, 6) is -0.236. The van der Waals surface area contributed by atoms with E-state index in [2.05, 4.69) is 26.2 Å². The lowest BCUT2D eigenvalue weighted by atomic mass is 10.2. The van der Waals surface area contributed by atoms with Gasteiger partial charge in [0.25, 0.3) is 5.91 Å². The van der Waals surface area contributed by atoms with Crippen LogP contribution >= 0.6 is 27.5 Å². The molecule has 18 heavy (non-hydrogen) atoms. The third kappa shape index (κ3) is 3.55. The molecule has 1 N–H and O–H groups in total. The molecule has 92 valence electrons. The van der Waals surface area contributed by atoms with Crippen LogP contribution < -0.4 is 5.32 Å². The highest BCUT2D eigenvalue weighted by atomic mass is 79.9. The SMILES string of the molecule is O=C(NCc1ccc(Br)cc1)c1cc(Cl)ccn1. The smallest absolute Gasteiger partial charge is 0.270 e. The number of nitrogens with zero attached hydrogens (tertiary/aromatic N) is 1. The predicted octanol–water partition coefficient (Wildman–Crippen LogP) is 3.43. The summed E-state index contributed by atoms with van der Waals surface area (Å²) in [7, 11) is 0. The summed E-state index contributed by atoms with van der Waals surface area (Å²) in [6, 6.07) is 10.9. The van der Waals surface area contributed by atoms with Gasteiger partial charge in [-0.05, 0) is 29.8 Å².